The molecule has 0 bridgehead atoms. The summed E-state index contributed by atoms with van der Waals surface area (Å²) < 4.78 is 3.15. The van der Waals surface area contributed by atoms with Crippen molar-refractivity contribution in [2.45, 2.75) is 51.5 Å². The third-order valence-electron chi connectivity index (χ3n) is 7.51. The Kier molecular flexibility index (Phi) is 6.53. The lowest BCUT2D eigenvalue weighted by molar-refractivity contribution is -0.135. The van der Waals surface area contributed by atoms with Crippen molar-refractivity contribution < 1.29 is 9.59 Å². The Morgan fingerprint density at radius 2 is 1.94 bits per heavy atom. The summed E-state index contributed by atoms with van der Waals surface area (Å²) in [5, 5.41) is 7.32. The van der Waals surface area contributed by atoms with Crippen molar-refractivity contribution in [3.8, 4) is 0 Å². The summed E-state index contributed by atoms with van der Waals surface area (Å²) in [7, 11) is 1.74. The van der Waals surface area contributed by atoms with E-state index in [1.165, 1.54) is 30.5 Å². The fourth-order valence-electron chi connectivity index (χ4n) is 5.42. The molecule has 3 saturated heterocycles. The van der Waals surface area contributed by atoms with Crippen LogP contribution in [0.4, 0.5) is 0 Å². The van der Waals surface area contributed by atoms with Crippen LogP contribution in [-0.4, -0.2) is 58.6 Å². The molecule has 8 heteroatoms. The zero-order valence-electron chi connectivity index (χ0n) is 19.3. The molecular weight excluding hydrogens is 406 g/mol. The predicted octanol–water partition coefficient (Wildman–Crippen LogP) is -0.233. The lowest BCUT2D eigenvalue weighted by atomic mass is 9.73. The van der Waals surface area contributed by atoms with Gasteiger partial charge < -0.3 is 10.2 Å². The van der Waals surface area contributed by atoms with Crippen molar-refractivity contribution >= 4 is 23.5 Å². The van der Waals surface area contributed by atoms with Gasteiger partial charge in [-0.2, -0.15) is 0 Å². The Bertz CT molecular complexity index is 1080. The highest BCUT2D eigenvalue weighted by Gasteiger charge is 2.39. The number of allylic oxidation sites excluding steroid dienone is 1. The summed E-state index contributed by atoms with van der Waals surface area (Å²) in [5.74, 6) is -0.693. The molecule has 1 aromatic rings. The molecule has 3 aliphatic heterocycles. The van der Waals surface area contributed by atoms with Crippen LogP contribution in [0.5, 0.6) is 0 Å². The van der Waals surface area contributed by atoms with E-state index in [-0.39, 0.29) is 18.0 Å². The molecule has 174 valence electrons. The van der Waals surface area contributed by atoms with Gasteiger partial charge in [0.25, 0.3) is 0 Å². The fraction of sp³-hybridized carbons (Fsp3) is 0.625. The summed E-state index contributed by atoms with van der Waals surface area (Å²) >= 11 is 0. The molecule has 1 unspecified atom stereocenters. The Hall–Kier alpha value is -2.45. The van der Waals surface area contributed by atoms with Gasteiger partial charge in [0.15, 0.2) is 0 Å². The van der Waals surface area contributed by atoms with Crippen molar-refractivity contribution in [3.63, 3.8) is 0 Å². The van der Waals surface area contributed by atoms with Crippen LogP contribution in [0.25, 0.3) is 11.6 Å². The number of likely N-dealkylation sites (tertiary alicyclic amines) is 1. The van der Waals surface area contributed by atoms with Crippen LogP contribution in [0.1, 0.15) is 51.5 Å². The average Bonchev–Trinajstić information content (AvgIpc) is 3.01. The fourth-order valence-corrected chi connectivity index (χ4v) is 5.42. The number of carbonyl (C=O) groups is 2. The third-order valence-corrected chi connectivity index (χ3v) is 7.51. The molecular formula is C24H35N5O3. The van der Waals surface area contributed by atoms with Crippen molar-refractivity contribution in [1.29, 1.82) is 0 Å². The zero-order chi connectivity index (χ0) is 22.9. The van der Waals surface area contributed by atoms with Crippen LogP contribution in [0.3, 0.4) is 0 Å². The van der Waals surface area contributed by atoms with E-state index in [4.69, 9.17) is 0 Å². The standard InChI is InChI=1S/C24H35N5O3/c1-4-17(7-6-12-28-13-10-24(11-14-28)15-25-16-24)21-18(5-2)29(23(32)27(21)3)19-8-9-20(30)26-22(19)31/h4-5,19,25H,1,6-16H2,2-3H3,(H,26,30,31)/b18-5+,21-17-. The van der Waals surface area contributed by atoms with Crippen LogP contribution >= 0.6 is 0 Å². The Labute approximate surface area is 188 Å². The van der Waals surface area contributed by atoms with Crippen LogP contribution in [0.15, 0.2) is 17.4 Å². The largest absolute Gasteiger partial charge is 0.329 e. The Balaban J connectivity index is 1.54. The number of rotatable bonds is 6. The number of nitrogens with one attached hydrogen (secondary N) is 2. The molecule has 32 heavy (non-hydrogen) atoms. The number of hydrogen-bond donors (Lipinski definition) is 2. The first-order valence-electron chi connectivity index (χ1n) is 11.7. The molecule has 2 N–H and O–H groups in total. The van der Waals surface area contributed by atoms with Crippen LogP contribution in [0, 0.1) is 5.41 Å². The molecule has 3 aliphatic rings. The van der Waals surface area contributed by atoms with Crippen molar-refractivity contribution in [2.24, 2.45) is 12.5 Å². The molecule has 0 aromatic carbocycles. The van der Waals surface area contributed by atoms with Gasteiger partial charge in [-0.3, -0.25) is 24.0 Å². The van der Waals surface area contributed by atoms with E-state index in [1.807, 2.05) is 19.1 Å². The number of imide groups is 1. The molecule has 1 aromatic heterocycles. The highest BCUT2D eigenvalue weighted by atomic mass is 16.2. The quantitative estimate of drug-likeness (QED) is 0.596. The van der Waals surface area contributed by atoms with Crippen LogP contribution < -0.4 is 27.0 Å². The number of hydrogen-bond acceptors (Lipinski definition) is 5. The van der Waals surface area contributed by atoms with Gasteiger partial charge in [-0.1, -0.05) is 18.7 Å². The van der Waals surface area contributed by atoms with Gasteiger partial charge in [0.05, 0.1) is 10.7 Å². The maximum Gasteiger partial charge on any atom is 0.329 e. The number of piperidine rings is 2. The molecule has 0 saturated carbocycles. The lowest BCUT2D eigenvalue weighted by Crippen LogP contribution is -2.58. The monoisotopic (exact) mass is 441 g/mol. The van der Waals surface area contributed by atoms with Crippen molar-refractivity contribution in [2.75, 3.05) is 32.7 Å². The van der Waals surface area contributed by atoms with Crippen LogP contribution in [0.2, 0.25) is 0 Å². The SMILES string of the molecule is C=C/C(CCCN1CCC2(CC1)CNC2)=c1\c(=C/C)n(C2CCC(=O)NC2=O)c(=O)n1C. The van der Waals surface area contributed by atoms with E-state index in [0.717, 1.165) is 48.7 Å². The zero-order valence-corrected chi connectivity index (χ0v) is 19.3. The first kappa shape index (κ1) is 22.7. The number of amides is 2. The van der Waals surface area contributed by atoms with Gasteiger partial charge in [0.1, 0.15) is 6.04 Å². The van der Waals surface area contributed by atoms with E-state index in [0.29, 0.717) is 11.8 Å². The molecule has 1 spiro atoms. The van der Waals surface area contributed by atoms with Gasteiger partial charge in [-0.05, 0) is 69.7 Å². The Morgan fingerprint density at radius 3 is 2.50 bits per heavy atom. The lowest BCUT2D eigenvalue weighted by Gasteiger charge is -2.48. The van der Waals surface area contributed by atoms with E-state index >= 15 is 0 Å². The maximum absolute atomic E-state index is 13.1. The third kappa shape index (κ3) is 4.13. The summed E-state index contributed by atoms with van der Waals surface area (Å²) in [4.78, 5) is 39.7. The number of aromatic nitrogens is 2. The maximum atomic E-state index is 13.1. The van der Waals surface area contributed by atoms with E-state index < -0.39 is 11.9 Å². The van der Waals surface area contributed by atoms with E-state index in [9.17, 15) is 14.4 Å². The van der Waals surface area contributed by atoms with E-state index in [2.05, 4.69) is 22.1 Å². The molecule has 1 atom stereocenters. The second-order valence-electron chi connectivity index (χ2n) is 9.48. The number of carbonyl (C=O) groups excluding carboxylic acids is 2. The van der Waals surface area contributed by atoms with Gasteiger partial charge in [0, 0.05) is 26.6 Å². The normalized spacial score (nSPS) is 24.9. The summed E-state index contributed by atoms with van der Waals surface area (Å²) in [6.45, 7) is 11.6. The summed E-state index contributed by atoms with van der Waals surface area (Å²) in [6, 6.07) is -0.668. The minimum atomic E-state index is -0.668. The molecule has 8 nitrogen and oxygen atoms in total. The van der Waals surface area contributed by atoms with Gasteiger partial charge >= 0.3 is 5.69 Å². The van der Waals surface area contributed by atoms with Crippen molar-refractivity contribution in [1.82, 2.24) is 24.7 Å². The first-order chi connectivity index (χ1) is 15.4. The minimum Gasteiger partial charge on any atom is -0.316 e. The number of nitrogens with zero attached hydrogens (tertiary/aromatic N) is 3. The highest BCUT2D eigenvalue weighted by Crippen LogP contribution is 2.34. The first-order valence-corrected chi connectivity index (χ1v) is 11.7. The molecule has 0 radical (unpaired) electrons. The topological polar surface area (TPSA) is 88.4 Å². The minimum absolute atomic E-state index is 0.238. The Morgan fingerprint density at radius 1 is 1.22 bits per heavy atom. The van der Waals surface area contributed by atoms with Crippen molar-refractivity contribution in [3.05, 3.63) is 33.8 Å². The van der Waals surface area contributed by atoms with Crippen LogP contribution in [-0.2, 0) is 16.6 Å². The predicted molar refractivity (Wildman–Crippen MR) is 124 cm³/mol. The molecule has 3 fully saturated rings. The number of imidazole rings is 1. The summed E-state index contributed by atoms with van der Waals surface area (Å²) in [5.41, 5.74) is 1.33. The average molecular weight is 442 g/mol. The van der Waals surface area contributed by atoms with Gasteiger partial charge in [-0.15, -0.1) is 0 Å². The molecule has 4 rings (SSSR count). The second-order valence-corrected chi connectivity index (χ2v) is 9.48. The smallest absolute Gasteiger partial charge is 0.316 e. The molecule has 2 amide bonds. The van der Waals surface area contributed by atoms with Gasteiger partial charge in [-0.25, -0.2) is 4.79 Å². The summed E-state index contributed by atoms with van der Waals surface area (Å²) in [6.07, 6.45) is 8.65. The van der Waals surface area contributed by atoms with Gasteiger partial charge in [0.2, 0.25) is 11.8 Å². The van der Waals surface area contributed by atoms with E-state index in [1.54, 1.807) is 11.6 Å². The highest BCUT2D eigenvalue weighted by molar-refractivity contribution is 5.99. The second kappa shape index (κ2) is 9.19. The molecule has 4 heterocycles. The molecule has 0 aliphatic carbocycles.